The molecule has 0 amide bonds. The van der Waals surface area contributed by atoms with Crippen molar-refractivity contribution in [3.8, 4) is 50.2 Å². The summed E-state index contributed by atoms with van der Waals surface area (Å²) in [7, 11) is 0. The first-order chi connectivity index (χ1) is 21.7. The fourth-order valence-electron chi connectivity index (χ4n) is 6.26. The minimum Gasteiger partial charge on any atom is -0.309 e. The van der Waals surface area contributed by atoms with Crippen molar-refractivity contribution in [1.29, 1.82) is 0 Å². The zero-order valence-electron chi connectivity index (χ0n) is 24.0. The summed E-state index contributed by atoms with van der Waals surface area (Å²) in [4.78, 5) is 0. The number of hydrogen-bond acceptors (Lipinski definition) is 0. The van der Waals surface area contributed by atoms with E-state index in [0.29, 0.717) is 0 Å². The van der Waals surface area contributed by atoms with E-state index in [1.807, 2.05) is 0 Å². The second-order valence-electron chi connectivity index (χ2n) is 11.2. The van der Waals surface area contributed by atoms with Gasteiger partial charge in [-0.2, -0.15) is 0 Å². The Morgan fingerprint density at radius 1 is 0.318 bits per heavy atom. The molecule has 8 aromatic rings. The minimum absolute atomic E-state index is 1.09. The maximum atomic E-state index is 3.60. The number of fused-ring (bicyclic) bond motifs is 3. The molecule has 0 N–H and O–H groups in total. The van der Waals surface area contributed by atoms with Crippen LogP contribution in [0.25, 0.3) is 72.0 Å². The molecule has 0 fully saturated rings. The lowest BCUT2D eigenvalue weighted by Crippen LogP contribution is -1.94. The Morgan fingerprint density at radius 3 is 1.48 bits per heavy atom. The number of nitrogens with zero attached hydrogens (tertiary/aromatic N) is 1. The lowest BCUT2D eigenvalue weighted by molar-refractivity contribution is 1.18. The molecule has 0 aliphatic heterocycles. The van der Waals surface area contributed by atoms with Gasteiger partial charge < -0.3 is 4.57 Å². The second kappa shape index (κ2) is 11.1. The third kappa shape index (κ3) is 4.84. The molecule has 8 rings (SSSR count). The monoisotopic (exact) mass is 625 g/mol. The van der Waals surface area contributed by atoms with Crippen molar-refractivity contribution < 1.29 is 0 Å². The highest BCUT2D eigenvalue weighted by Crippen LogP contribution is 2.36. The molecule has 0 atom stereocenters. The van der Waals surface area contributed by atoms with Crippen LogP contribution in [0.3, 0.4) is 0 Å². The molecule has 2 heteroatoms. The first kappa shape index (κ1) is 26.4. The van der Waals surface area contributed by atoms with Crippen LogP contribution in [0.1, 0.15) is 0 Å². The summed E-state index contributed by atoms with van der Waals surface area (Å²) in [5.41, 5.74) is 13.3. The average Bonchev–Trinajstić information content (AvgIpc) is 3.42. The Kier molecular flexibility index (Phi) is 6.70. The molecule has 0 bridgehead atoms. The molecule has 0 aliphatic carbocycles. The fourth-order valence-corrected chi connectivity index (χ4v) is 6.66. The second-order valence-corrected chi connectivity index (χ2v) is 12.1. The van der Waals surface area contributed by atoms with E-state index in [-0.39, 0.29) is 0 Å². The smallest absolute Gasteiger partial charge is 0.0547 e. The van der Waals surface area contributed by atoms with Crippen LogP contribution in [0, 0.1) is 0 Å². The van der Waals surface area contributed by atoms with Crippen LogP contribution < -0.4 is 0 Å². The van der Waals surface area contributed by atoms with Crippen LogP contribution in [0.2, 0.25) is 0 Å². The molecule has 0 aliphatic rings. The molecule has 1 nitrogen and oxygen atoms in total. The zero-order chi connectivity index (χ0) is 29.5. The highest BCUT2D eigenvalue weighted by Gasteiger charge is 2.14. The van der Waals surface area contributed by atoms with Gasteiger partial charge in [0.05, 0.1) is 11.0 Å². The summed E-state index contributed by atoms with van der Waals surface area (Å²) in [6, 6.07) is 61.2. The third-order valence-electron chi connectivity index (χ3n) is 8.48. The van der Waals surface area contributed by atoms with E-state index in [0.717, 1.165) is 10.2 Å². The van der Waals surface area contributed by atoms with Gasteiger partial charge in [-0.3, -0.25) is 0 Å². The number of para-hydroxylation sites is 1. The van der Waals surface area contributed by atoms with Gasteiger partial charge in [0.1, 0.15) is 0 Å². The van der Waals surface area contributed by atoms with E-state index in [2.05, 4.69) is 190 Å². The van der Waals surface area contributed by atoms with Crippen molar-refractivity contribution in [3.63, 3.8) is 0 Å². The molecule has 0 saturated heterocycles. The first-order valence-corrected chi connectivity index (χ1v) is 15.7. The Hall–Kier alpha value is -5.18. The molecule has 1 aromatic heterocycles. The van der Waals surface area contributed by atoms with Gasteiger partial charge in [0.15, 0.2) is 0 Å². The standard InChI is InChI=1S/C42H28BrN/c43-37-13-7-12-35(27-37)30-16-18-31(19-17-30)36-22-25-40-39-14-4-5-15-41(39)44(42(40)28-36)38-23-20-32(21-24-38)34-11-6-10-33(26-34)29-8-2-1-3-9-29/h1-28H. The predicted molar refractivity (Wildman–Crippen MR) is 190 cm³/mol. The zero-order valence-corrected chi connectivity index (χ0v) is 25.6. The Bertz CT molecular complexity index is 2260. The molecule has 0 spiro atoms. The highest BCUT2D eigenvalue weighted by molar-refractivity contribution is 9.10. The maximum Gasteiger partial charge on any atom is 0.0547 e. The number of halogens is 1. The Morgan fingerprint density at radius 2 is 0.795 bits per heavy atom. The van der Waals surface area contributed by atoms with E-state index in [4.69, 9.17) is 0 Å². The van der Waals surface area contributed by atoms with E-state index in [9.17, 15) is 0 Å². The predicted octanol–water partition coefficient (Wildman–Crippen LogP) is 12.2. The van der Waals surface area contributed by atoms with Crippen molar-refractivity contribution in [2.24, 2.45) is 0 Å². The van der Waals surface area contributed by atoms with Crippen molar-refractivity contribution in [1.82, 2.24) is 4.57 Å². The largest absolute Gasteiger partial charge is 0.309 e. The minimum atomic E-state index is 1.09. The quantitative estimate of drug-likeness (QED) is 0.179. The van der Waals surface area contributed by atoms with Gasteiger partial charge in [-0.25, -0.2) is 0 Å². The van der Waals surface area contributed by atoms with Gasteiger partial charge in [-0.15, -0.1) is 0 Å². The molecule has 44 heavy (non-hydrogen) atoms. The molecule has 0 radical (unpaired) electrons. The SMILES string of the molecule is Brc1cccc(-c2ccc(-c3ccc4c5ccccc5n(-c5ccc(-c6cccc(-c7ccccc7)c6)cc5)c4c3)cc2)c1. The topological polar surface area (TPSA) is 4.93 Å². The lowest BCUT2D eigenvalue weighted by Gasteiger charge is -2.11. The number of rotatable bonds is 5. The van der Waals surface area contributed by atoms with Crippen LogP contribution in [-0.2, 0) is 0 Å². The van der Waals surface area contributed by atoms with E-state index in [1.165, 1.54) is 66.3 Å². The van der Waals surface area contributed by atoms with Crippen LogP contribution >= 0.6 is 15.9 Å². The number of aromatic nitrogens is 1. The van der Waals surface area contributed by atoms with Crippen LogP contribution in [0.5, 0.6) is 0 Å². The molecular weight excluding hydrogens is 598 g/mol. The van der Waals surface area contributed by atoms with Gasteiger partial charge >= 0.3 is 0 Å². The fraction of sp³-hybridized carbons (Fsp3) is 0. The molecule has 7 aromatic carbocycles. The van der Waals surface area contributed by atoms with Crippen LogP contribution in [0.15, 0.2) is 174 Å². The summed E-state index contributed by atoms with van der Waals surface area (Å²) < 4.78 is 3.49. The Labute approximate surface area is 265 Å². The van der Waals surface area contributed by atoms with Crippen molar-refractivity contribution in [3.05, 3.63) is 174 Å². The van der Waals surface area contributed by atoms with Crippen molar-refractivity contribution in [2.75, 3.05) is 0 Å². The lowest BCUT2D eigenvalue weighted by atomic mass is 9.99. The third-order valence-corrected chi connectivity index (χ3v) is 8.97. The summed E-state index contributed by atoms with van der Waals surface area (Å²) in [5, 5.41) is 2.52. The van der Waals surface area contributed by atoms with Crippen LogP contribution in [-0.4, -0.2) is 4.57 Å². The molecular formula is C42H28BrN. The van der Waals surface area contributed by atoms with Gasteiger partial charge in [0, 0.05) is 20.9 Å². The summed E-state index contributed by atoms with van der Waals surface area (Å²) in [6.07, 6.45) is 0. The van der Waals surface area contributed by atoms with E-state index in [1.54, 1.807) is 0 Å². The highest BCUT2D eigenvalue weighted by atomic mass is 79.9. The number of hydrogen-bond donors (Lipinski definition) is 0. The van der Waals surface area contributed by atoms with Gasteiger partial charge in [-0.1, -0.05) is 143 Å². The summed E-state index contributed by atoms with van der Waals surface area (Å²) in [6.45, 7) is 0. The molecule has 208 valence electrons. The van der Waals surface area contributed by atoms with Crippen LogP contribution in [0.4, 0.5) is 0 Å². The van der Waals surface area contributed by atoms with Crippen molar-refractivity contribution >= 4 is 37.7 Å². The summed E-state index contributed by atoms with van der Waals surface area (Å²) in [5.74, 6) is 0. The van der Waals surface area contributed by atoms with Crippen molar-refractivity contribution in [2.45, 2.75) is 0 Å². The Balaban J connectivity index is 1.19. The molecule has 0 saturated carbocycles. The molecule has 0 unspecified atom stereocenters. The van der Waals surface area contributed by atoms with Gasteiger partial charge in [0.2, 0.25) is 0 Å². The first-order valence-electron chi connectivity index (χ1n) is 14.9. The van der Waals surface area contributed by atoms with Gasteiger partial charge in [0.25, 0.3) is 0 Å². The summed E-state index contributed by atoms with van der Waals surface area (Å²) >= 11 is 3.60. The normalized spacial score (nSPS) is 11.3. The molecule has 1 heterocycles. The van der Waals surface area contributed by atoms with E-state index < -0.39 is 0 Å². The number of benzene rings is 7. The van der Waals surface area contributed by atoms with E-state index >= 15 is 0 Å². The maximum absolute atomic E-state index is 3.60. The average molecular weight is 627 g/mol. The van der Waals surface area contributed by atoms with Gasteiger partial charge in [-0.05, 0) is 87.0 Å².